The van der Waals surface area contributed by atoms with Gasteiger partial charge in [0.2, 0.25) is 15.9 Å². The Morgan fingerprint density at radius 1 is 1.11 bits per heavy atom. The molecule has 2 aromatic carbocycles. The van der Waals surface area contributed by atoms with Crippen LogP contribution in [0.4, 0.5) is 16.2 Å². The number of nitrogens with zero attached hydrogens (tertiary/aromatic N) is 4. The lowest BCUT2D eigenvalue weighted by atomic mass is 10.1. The molecule has 2 aromatic rings. The molecule has 0 bridgehead atoms. The van der Waals surface area contributed by atoms with E-state index >= 15 is 0 Å². The van der Waals surface area contributed by atoms with Crippen molar-refractivity contribution in [3.63, 3.8) is 0 Å². The van der Waals surface area contributed by atoms with Gasteiger partial charge in [0.05, 0.1) is 9.82 Å². The van der Waals surface area contributed by atoms with Crippen molar-refractivity contribution in [2.24, 2.45) is 0 Å². The first-order chi connectivity index (χ1) is 17.3. The molecular weight excluding hydrogens is 508 g/mol. The quantitative estimate of drug-likeness (QED) is 0.395. The standard InChI is InChI=1S/C23H26N4O9S/c1-15(22(29)30)26(16-6-10-18(11-7-16)36-23(31)24(2)3)21(28)20-5-4-14-25(20)37(34,35)19-12-8-17(9-13-19)27(32)33/h6-13,15,20H,4-5,14H2,1-3H3,(H,29,30)/t15-,20-/m0/s1. The summed E-state index contributed by atoms with van der Waals surface area (Å²) in [5.74, 6) is -1.88. The Balaban J connectivity index is 1.92. The summed E-state index contributed by atoms with van der Waals surface area (Å²) in [6, 6.07) is 7.38. The fourth-order valence-corrected chi connectivity index (χ4v) is 5.48. The highest BCUT2D eigenvalue weighted by Gasteiger charge is 2.43. The van der Waals surface area contributed by atoms with Crippen LogP contribution in [-0.2, 0) is 19.6 Å². The molecule has 13 nitrogen and oxygen atoms in total. The lowest BCUT2D eigenvalue weighted by molar-refractivity contribution is -0.384. The first-order valence-electron chi connectivity index (χ1n) is 11.2. The number of ether oxygens (including phenoxy) is 1. The largest absolute Gasteiger partial charge is 0.480 e. The molecule has 14 heteroatoms. The van der Waals surface area contributed by atoms with Gasteiger partial charge in [-0.25, -0.2) is 18.0 Å². The highest BCUT2D eigenvalue weighted by Crippen LogP contribution is 2.31. The van der Waals surface area contributed by atoms with Gasteiger partial charge < -0.3 is 14.7 Å². The van der Waals surface area contributed by atoms with Crippen LogP contribution < -0.4 is 9.64 Å². The molecule has 0 aliphatic carbocycles. The Kier molecular flexibility index (Phi) is 8.13. The molecule has 2 atom stereocenters. The zero-order chi connectivity index (χ0) is 27.5. The van der Waals surface area contributed by atoms with Gasteiger partial charge in [0.15, 0.2) is 0 Å². The summed E-state index contributed by atoms with van der Waals surface area (Å²) in [4.78, 5) is 49.5. The summed E-state index contributed by atoms with van der Waals surface area (Å²) in [5.41, 5.74) is -0.113. The maximum Gasteiger partial charge on any atom is 0.414 e. The number of carbonyl (C=O) groups excluding carboxylic acids is 2. The van der Waals surface area contributed by atoms with E-state index in [9.17, 15) is 38.0 Å². The maximum atomic E-state index is 13.7. The van der Waals surface area contributed by atoms with E-state index in [2.05, 4.69) is 0 Å². The topological polar surface area (TPSA) is 168 Å². The van der Waals surface area contributed by atoms with Gasteiger partial charge in [-0.15, -0.1) is 0 Å². The van der Waals surface area contributed by atoms with Gasteiger partial charge in [0, 0.05) is 38.5 Å². The number of anilines is 1. The number of carboxylic acid groups (broad SMARTS) is 1. The van der Waals surface area contributed by atoms with Crippen molar-refractivity contribution in [1.29, 1.82) is 0 Å². The molecule has 1 N–H and O–H groups in total. The molecule has 3 rings (SSSR count). The lowest BCUT2D eigenvalue weighted by Gasteiger charge is -2.32. The summed E-state index contributed by atoms with van der Waals surface area (Å²) in [7, 11) is -1.20. The maximum absolute atomic E-state index is 13.7. The predicted molar refractivity (Wildman–Crippen MR) is 131 cm³/mol. The molecule has 1 heterocycles. The Morgan fingerprint density at radius 3 is 2.22 bits per heavy atom. The molecule has 37 heavy (non-hydrogen) atoms. The van der Waals surface area contributed by atoms with Gasteiger partial charge >= 0.3 is 12.1 Å². The van der Waals surface area contributed by atoms with Gasteiger partial charge in [-0.3, -0.25) is 19.8 Å². The van der Waals surface area contributed by atoms with Gasteiger partial charge in [0.1, 0.15) is 17.8 Å². The molecule has 1 saturated heterocycles. The van der Waals surface area contributed by atoms with Crippen LogP contribution in [0, 0.1) is 10.1 Å². The summed E-state index contributed by atoms with van der Waals surface area (Å²) in [6.07, 6.45) is -0.110. The molecule has 1 aliphatic rings. The minimum Gasteiger partial charge on any atom is -0.480 e. The van der Waals surface area contributed by atoms with Crippen molar-refractivity contribution < 1.29 is 37.6 Å². The summed E-state index contributed by atoms with van der Waals surface area (Å²) >= 11 is 0. The van der Waals surface area contributed by atoms with Crippen molar-refractivity contribution in [2.75, 3.05) is 25.5 Å². The molecule has 0 radical (unpaired) electrons. The fraction of sp³-hybridized carbons (Fsp3) is 0.348. The van der Waals surface area contributed by atoms with Crippen LogP contribution in [0.25, 0.3) is 0 Å². The van der Waals surface area contributed by atoms with E-state index in [1.165, 1.54) is 50.2 Å². The normalized spacial score (nSPS) is 16.6. The molecule has 0 saturated carbocycles. The van der Waals surface area contributed by atoms with Crippen LogP contribution in [0.3, 0.4) is 0 Å². The smallest absolute Gasteiger partial charge is 0.414 e. The van der Waals surface area contributed by atoms with Crippen molar-refractivity contribution in [1.82, 2.24) is 9.21 Å². The highest BCUT2D eigenvalue weighted by atomic mass is 32.2. The van der Waals surface area contributed by atoms with E-state index in [1.54, 1.807) is 0 Å². The van der Waals surface area contributed by atoms with E-state index in [4.69, 9.17) is 4.74 Å². The molecule has 0 spiro atoms. The third-order valence-electron chi connectivity index (χ3n) is 5.81. The average molecular weight is 535 g/mol. The second kappa shape index (κ2) is 10.9. The number of rotatable bonds is 8. The van der Waals surface area contributed by atoms with E-state index in [-0.39, 0.29) is 35.0 Å². The zero-order valence-corrected chi connectivity index (χ0v) is 21.1. The second-order valence-corrected chi connectivity index (χ2v) is 10.4. The Labute approximate surface area is 213 Å². The Bertz CT molecular complexity index is 1290. The Hall–Kier alpha value is -4.04. The van der Waals surface area contributed by atoms with Crippen molar-refractivity contribution in [3.8, 4) is 5.75 Å². The van der Waals surface area contributed by atoms with Crippen molar-refractivity contribution >= 4 is 39.4 Å². The number of nitro benzene ring substituents is 1. The summed E-state index contributed by atoms with van der Waals surface area (Å²) in [5, 5.41) is 20.6. The molecule has 0 aromatic heterocycles. The average Bonchev–Trinajstić information content (AvgIpc) is 3.36. The molecule has 0 unspecified atom stereocenters. The number of carboxylic acids is 1. The predicted octanol–water partition coefficient (Wildman–Crippen LogP) is 2.31. The fourth-order valence-electron chi connectivity index (χ4n) is 3.83. The monoisotopic (exact) mass is 534 g/mol. The Morgan fingerprint density at radius 2 is 1.70 bits per heavy atom. The number of sulfonamides is 1. The number of aliphatic carboxylic acids is 1. The highest BCUT2D eigenvalue weighted by molar-refractivity contribution is 7.89. The van der Waals surface area contributed by atoms with Crippen LogP contribution in [0.2, 0.25) is 0 Å². The number of non-ortho nitro benzene ring substituents is 1. The van der Waals surface area contributed by atoms with Crippen LogP contribution in [0.15, 0.2) is 53.4 Å². The summed E-state index contributed by atoms with van der Waals surface area (Å²) < 4.78 is 32.8. The number of hydrogen-bond acceptors (Lipinski definition) is 8. The SMILES string of the molecule is C[C@@H](C(=O)O)N(C(=O)[C@@H]1CCCN1S(=O)(=O)c1ccc([N+](=O)[O-])cc1)c1ccc(OC(=O)N(C)C)cc1. The zero-order valence-electron chi connectivity index (χ0n) is 20.3. The number of carbonyl (C=O) groups is 3. The van der Waals surface area contributed by atoms with Gasteiger partial charge in [-0.05, 0) is 56.2 Å². The van der Waals surface area contributed by atoms with Crippen LogP contribution in [0.5, 0.6) is 5.75 Å². The van der Waals surface area contributed by atoms with Gasteiger partial charge in [0.25, 0.3) is 5.69 Å². The van der Waals surface area contributed by atoms with Gasteiger partial charge in [-0.2, -0.15) is 4.31 Å². The van der Waals surface area contributed by atoms with Crippen LogP contribution >= 0.6 is 0 Å². The number of hydrogen-bond donors (Lipinski definition) is 1. The minimum absolute atomic E-state index is 0.0183. The third kappa shape index (κ3) is 5.86. The van der Waals surface area contributed by atoms with Crippen LogP contribution in [-0.4, -0.2) is 78.3 Å². The number of amides is 2. The summed E-state index contributed by atoms with van der Waals surface area (Å²) in [6.45, 7) is 1.31. The third-order valence-corrected chi connectivity index (χ3v) is 7.73. The molecular formula is C23H26N4O9S. The second-order valence-electron chi connectivity index (χ2n) is 8.50. The van der Waals surface area contributed by atoms with E-state index in [0.29, 0.717) is 6.42 Å². The number of benzene rings is 2. The first kappa shape index (κ1) is 27.5. The molecule has 198 valence electrons. The minimum atomic E-state index is -4.21. The van der Waals surface area contributed by atoms with Crippen molar-refractivity contribution in [2.45, 2.75) is 36.7 Å². The van der Waals surface area contributed by atoms with E-state index in [0.717, 1.165) is 33.5 Å². The molecule has 2 amide bonds. The van der Waals surface area contributed by atoms with Crippen molar-refractivity contribution in [3.05, 3.63) is 58.6 Å². The van der Waals surface area contributed by atoms with E-state index in [1.807, 2.05) is 0 Å². The number of nitro groups is 1. The lowest BCUT2D eigenvalue weighted by Crippen LogP contribution is -2.52. The van der Waals surface area contributed by atoms with Gasteiger partial charge in [-0.1, -0.05) is 0 Å². The van der Waals surface area contributed by atoms with Crippen LogP contribution in [0.1, 0.15) is 19.8 Å². The molecule has 1 fully saturated rings. The van der Waals surface area contributed by atoms with E-state index < -0.39 is 45.0 Å². The molecule has 1 aliphatic heterocycles. The first-order valence-corrected chi connectivity index (χ1v) is 12.6.